The van der Waals surface area contributed by atoms with Gasteiger partial charge in [0.25, 0.3) is 0 Å². The summed E-state index contributed by atoms with van der Waals surface area (Å²) in [5.41, 5.74) is 6.73. The van der Waals surface area contributed by atoms with E-state index in [0.717, 1.165) is 61.3 Å². The van der Waals surface area contributed by atoms with Gasteiger partial charge in [0, 0.05) is 43.2 Å². The molecule has 0 unspecified atom stereocenters. The first kappa shape index (κ1) is 20.0. The molecule has 4 nitrogen and oxygen atoms in total. The Morgan fingerprint density at radius 3 is 2.58 bits per heavy atom. The first-order chi connectivity index (χ1) is 12.6. The zero-order valence-corrected chi connectivity index (χ0v) is 16.7. The molecule has 0 bridgehead atoms. The van der Waals surface area contributed by atoms with Crippen molar-refractivity contribution in [2.45, 2.75) is 46.5 Å². The predicted octanol–water partition coefficient (Wildman–Crippen LogP) is 5.24. The topological polar surface area (TPSA) is 41.0 Å². The molecule has 2 aromatic rings. The minimum Gasteiger partial charge on any atom is -0.387 e. The van der Waals surface area contributed by atoms with Crippen LogP contribution in [0.15, 0.2) is 37.2 Å². The Hall–Kier alpha value is -2.36. The van der Waals surface area contributed by atoms with Crippen LogP contribution in [-0.4, -0.2) is 30.1 Å². The van der Waals surface area contributed by atoms with Crippen LogP contribution >= 0.6 is 0 Å². The molecule has 0 fully saturated rings. The number of hydrogen-bond donors (Lipinski definition) is 1. The first-order valence-electron chi connectivity index (χ1n) is 9.64. The van der Waals surface area contributed by atoms with Gasteiger partial charge in [-0.15, -0.1) is 6.58 Å². The number of nitrogens with one attached hydrogen (secondary N) is 1. The molecule has 0 aliphatic rings. The maximum absolute atomic E-state index is 4.84. The fourth-order valence-corrected chi connectivity index (χ4v) is 3.16. The smallest absolute Gasteiger partial charge is 0.0637 e. The summed E-state index contributed by atoms with van der Waals surface area (Å²) in [6, 6.07) is 4.44. The van der Waals surface area contributed by atoms with E-state index in [9.17, 15) is 0 Å². The van der Waals surface area contributed by atoms with E-state index in [1.807, 2.05) is 25.5 Å². The maximum atomic E-state index is 4.84. The minimum atomic E-state index is 0.978. The molecule has 0 aromatic carbocycles. The Labute approximate surface area is 158 Å². The summed E-state index contributed by atoms with van der Waals surface area (Å²) in [5.74, 6) is 0. The van der Waals surface area contributed by atoms with E-state index in [-0.39, 0.29) is 0 Å². The molecule has 0 aliphatic heterocycles. The quantitative estimate of drug-likeness (QED) is 0.594. The average Bonchev–Trinajstić information content (AvgIpc) is 2.66. The number of hydrogen-bond acceptors (Lipinski definition) is 4. The van der Waals surface area contributed by atoms with Crippen LogP contribution < -0.4 is 10.2 Å². The van der Waals surface area contributed by atoms with Crippen molar-refractivity contribution in [3.8, 4) is 11.1 Å². The second kappa shape index (κ2) is 9.95. The van der Waals surface area contributed by atoms with Gasteiger partial charge in [-0.2, -0.15) is 0 Å². The SMILES string of the molecule is C=CCCN(CCC)c1cc(-c2cc(NC)cnc2C)cnc1CCC. The van der Waals surface area contributed by atoms with Crippen molar-refractivity contribution in [2.24, 2.45) is 0 Å². The number of nitrogens with zero attached hydrogens (tertiary/aromatic N) is 3. The second-order valence-corrected chi connectivity index (χ2v) is 6.61. The van der Waals surface area contributed by atoms with Crippen LogP contribution in [0.4, 0.5) is 11.4 Å². The predicted molar refractivity (Wildman–Crippen MR) is 113 cm³/mol. The monoisotopic (exact) mass is 352 g/mol. The molecule has 0 amide bonds. The van der Waals surface area contributed by atoms with Crippen molar-refractivity contribution in [2.75, 3.05) is 30.4 Å². The molecular formula is C22H32N4. The van der Waals surface area contributed by atoms with E-state index in [4.69, 9.17) is 4.98 Å². The van der Waals surface area contributed by atoms with Gasteiger partial charge in [-0.25, -0.2) is 0 Å². The van der Waals surface area contributed by atoms with Crippen molar-refractivity contribution >= 4 is 11.4 Å². The summed E-state index contributed by atoms with van der Waals surface area (Å²) in [6.07, 6.45) is 10.0. The molecule has 0 radical (unpaired) electrons. The van der Waals surface area contributed by atoms with Gasteiger partial charge < -0.3 is 10.2 Å². The van der Waals surface area contributed by atoms with Crippen molar-refractivity contribution in [3.05, 3.63) is 48.6 Å². The van der Waals surface area contributed by atoms with Gasteiger partial charge >= 0.3 is 0 Å². The number of aryl methyl sites for hydroxylation is 2. The highest BCUT2D eigenvalue weighted by molar-refractivity contribution is 5.73. The van der Waals surface area contributed by atoms with E-state index in [1.165, 1.54) is 11.4 Å². The molecular weight excluding hydrogens is 320 g/mol. The zero-order chi connectivity index (χ0) is 18.9. The van der Waals surface area contributed by atoms with Crippen molar-refractivity contribution in [1.29, 1.82) is 0 Å². The normalized spacial score (nSPS) is 10.6. The highest BCUT2D eigenvalue weighted by Gasteiger charge is 2.14. The molecule has 0 spiro atoms. The van der Waals surface area contributed by atoms with Gasteiger partial charge in [0.2, 0.25) is 0 Å². The third-order valence-corrected chi connectivity index (χ3v) is 4.56. The summed E-state index contributed by atoms with van der Waals surface area (Å²) in [5, 5.41) is 3.18. The summed E-state index contributed by atoms with van der Waals surface area (Å²) < 4.78 is 0. The molecule has 0 saturated heterocycles. The lowest BCUT2D eigenvalue weighted by Crippen LogP contribution is -2.26. The molecule has 26 heavy (non-hydrogen) atoms. The van der Waals surface area contributed by atoms with Crippen LogP contribution in [0.1, 0.15) is 44.5 Å². The Kier molecular flexibility index (Phi) is 7.64. The Morgan fingerprint density at radius 1 is 1.12 bits per heavy atom. The second-order valence-electron chi connectivity index (χ2n) is 6.61. The van der Waals surface area contributed by atoms with Gasteiger partial charge in [-0.05, 0) is 38.3 Å². The van der Waals surface area contributed by atoms with Gasteiger partial charge in [0.05, 0.1) is 23.3 Å². The third kappa shape index (κ3) is 4.84. The highest BCUT2D eigenvalue weighted by atomic mass is 15.1. The molecule has 1 N–H and O–H groups in total. The van der Waals surface area contributed by atoms with E-state index in [1.54, 1.807) is 0 Å². The molecule has 2 aromatic heterocycles. The molecule has 140 valence electrons. The van der Waals surface area contributed by atoms with Gasteiger partial charge in [0.1, 0.15) is 0 Å². The number of rotatable bonds is 10. The molecule has 2 heterocycles. The first-order valence-corrected chi connectivity index (χ1v) is 9.64. The number of aromatic nitrogens is 2. The van der Waals surface area contributed by atoms with E-state index in [2.05, 4.69) is 54.7 Å². The fourth-order valence-electron chi connectivity index (χ4n) is 3.16. The Bertz CT molecular complexity index is 724. The summed E-state index contributed by atoms with van der Waals surface area (Å²) in [6.45, 7) is 12.4. The maximum Gasteiger partial charge on any atom is 0.0637 e. The van der Waals surface area contributed by atoms with E-state index >= 15 is 0 Å². The number of anilines is 2. The van der Waals surface area contributed by atoms with Crippen LogP contribution in [0.5, 0.6) is 0 Å². The summed E-state index contributed by atoms with van der Waals surface area (Å²) in [7, 11) is 1.92. The van der Waals surface area contributed by atoms with Crippen LogP contribution in [0.2, 0.25) is 0 Å². The van der Waals surface area contributed by atoms with Crippen LogP contribution in [-0.2, 0) is 6.42 Å². The van der Waals surface area contributed by atoms with Gasteiger partial charge in [0.15, 0.2) is 0 Å². The lowest BCUT2D eigenvalue weighted by Gasteiger charge is -2.26. The van der Waals surface area contributed by atoms with Gasteiger partial charge in [-0.3, -0.25) is 9.97 Å². The van der Waals surface area contributed by atoms with Gasteiger partial charge in [-0.1, -0.05) is 26.3 Å². The van der Waals surface area contributed by atoms with Crippen LogP contribution in [0.3, 0.4) is 0 Å². The summed E-state index contributed by atoms with van der Waals surface area (Å²) >= 11 is 0. The lowest BCUT2D eigenvalue weighted by molar-refractivity contribution is 0.750. The largest absolute Gasteiger partial charge is 0.387 e. The van der Waals surface area contributed by atoms with Crippen molar-refractivity contribution < 1.29 is 0 Å². The Morgan fingerprint density at radius 2 is 1.92 bits per heavy atom. The number of pyridine rings is 2. The molecule has 4 heteroatoms. The molecule has 0 aliphatic carbocycles. The third-order valence-electron chi connectivity index (χ3n) is 4.56. The Balaban J connectivity index is 2.51. The van der Waals surface area contributed by atoms with Crippen molar-refractivity contribution in [3.63, 3.8) is 0 Å². The molecule has 0 saturated carbocycles. The fraction of sp³-hybridized carbons (Fsp3) is 0.455. The highest BCUT2D eigenvalue weighted by Crippen LogP contribution is 2.30. The molecule has 2 rings (SSSR count). The minimum absolute atomic E-state index is 0.978. The average molecular weight is 353 g/mol. The van der Waals surface area contributed by atoms with Crippen LogP contribution in [0, 0.1) is 6.92 Å². The zero-order valence-electron chi connectivity index (χ0n) is 16.7. The van der Waals surface area contributed by atoms with Crippen molar-refractivity contribution in [1.82, 2.24) is 9.97 Å². The molecule has 0 atom stereocenters. The summed E-state index contributed by atoms with van der Waals surface area (Å²) in [4.78, 5) is 11.8. The van der Waals surface area contributed by atoms with E-state index < -0.39 is 0 Å². The van der Waals surface area contributed by atoms with Crippen LogP contribution in [0.25, 0.3) is 11.1 Å². The lowest BCUT2D eigenvalue weighted by atomic mass is 10.0. The standard InChI is InChI=1S/C22H32N4/c1-6-9-12-26(11-8-3)22-13-18(15-25-21(22)10-7-2)20-14-19(23-5)16-24-17(20)4/h6,13-16,23H,1,7-12H2,2-5H3. The van der Waals surface area contributed by atoms with E-state index in [0.29, 0.717) is 0 Å².